The summed E-state index contributed by atoms with van der Waals surface area (Å²) in [5, 5.41) is 0. The monoisotopic (exact) mass is 240 g/mol. The first kappa shape index (κ1) is 17.0. The van der Waals surface area contributed by atoms with E-state index in [1.54, 1.807) is 0 Å². The minimum absolute atomic E-state index is 0.863. The van der Waals surface area contributed by atoms with Gasteiger partial charge in [0, 0.05) is 0 Å². The first-order chi connectivity index (χ1) is 7.97. The topological polar surface area (TPSA) is 0 Å². The summed E-state index contributed by atoms with van der Waals surface area (Å²) >= 11 is 0. The molecule has 0 rings (SSSR count). The third-order valence-corrected chi connectivity index (χ3v) is 4.22. The van der Waals surface area contributed by atoms with E-state index in [1.165, 1.54) is 44.9 Å². The lowest BCUT2D eigenvalue weighted by atomic mass is 9.84. The van der Waals surface area contributed by atoms with Crippen LogP contribution < -0.4 is 0 Å². The molecule has 0 amide bonds. The van der Waals surface area contributed by atoms with Gasteiger partial charge in [0.15, 0.2) is 0 Å². The number of unbranched alkanes of at least 4 members (excludes halogenated alkanes) is 2. The average molecular weight is 240 g/mol. The van der Waals surface area contributed by atoms with Gasteiger partial charge in [0.05, 0.1) is 0 Å². The number of hydrogen-bond donors (Lipinski definition) is 0. The van der Waals surface area contributed by atoms with Crippen LogP contribution in [0, 0.1) is 23.7 Å². The quantitative estimate of drug-likeness (QED) is 0.393. The van der Waals surface area contributed by atoms with Crippen LogP contribution >= 0.6 is 0 Å². The fraction of sp³-hybridized carbons (Fsp3) is 1.00. The zero-order valence-electron chi connectivity index (χ0n) is 13.3. The van der Waals surface area contributed by atoms with Gasteiger partial charge in [0.25, 0.3) is 0 Å². The van der Waals surface area contributed by atoms with Crippen molar-refractivity contribution in [2.75, 3.05) is 0 Å². The maximum atomic E-state index is 2.46. The SMILES string of the molecule is CCCCCC(C)C(C)CCC(C)CC(C)C. The van der Waals surface area contributed by atoms with Gasteiger partial charge < -0.3 is 0 Å². The molecular formula is C17H36. The lowest BCUT2D eigenvalue weighted by Gasteiger charge is -2.22. The Morgan fingerprint density at radius 1 is 0.706 bits per heavy atom. The molecule has 0 aromatic heterocycles. The molecule has 0 aliphatic carbocycles. The van der Waals surface area contributed by atoms with Gasteiger partial charge in [-0.05, 0) is 30.1 Å². The Balaban J connectivity index is 3.65. The van der Waals surface area contributed by atoms with Gasteiger partial charge in [-0.3, -0.25) is 0 Å². The summed E-state index contributed by atoms with van der Waals surface area (Å²) in [6.07, 6.45) is 9.90. The normalized spacial score (nSPS) is 17.1. The second-order valence-corrected chi connectivity index (χ2v) is 6.76. The molecule has 0 aliphatic rings. The lowest BCUT2D eigenvalue weighted by molar-refractivity contribution is 0.296. The fourth-order valence-corrected chi connectivity index (χ4v) is 2.76. The van der Waals surface area contributed by atoms with Gasteiger partial charge in [-0.25, -0.2) is 0 Å². The molecule has 17 heavy (non-hydrogen) atoms. The third-order valence-electron chi connectivity index (χ3n) is 4.22. The summed E-state index contributed by atoms with van der Waals surface area (Å²) < 4.78 is 0. The highest BCUT2D eigenvalue weighted by Gasteiger charge is 2.13. The van der Waals surface area contributed by atoms with Crippen molar-refractivity contribution in [1.29, 1.82) is 0 Å². The van der Waals surface area contributed by atoms with Crippen LogP contribution in [0.2, 0.25) is 0 Å². The highest BCUT2D eigenvalue weighted by molar-refractivity contribution is 4.65. The minimum Gasteiger partial charge on any atom is -0.0654 e. The summed E-state index contributed by atoms with van der Waals surface area (Å²) in [7, 11) is 0. The van der Waals surface area contributed by atoms with Gasteiger partial charge in [0.1, 0.15) is 0 Å². The molecule has 0 bridgehead atoms. The van der Waals surface area contributed by atoms with Crippen molar-refractivity contribution in [3.63, 3.8) is 0 Å². The smallest absolute Gasteiger partial charge is 0.0417 e. The van der Waals surface area contributed by atoms with E-state index in [2.05, 4.69) is 41.5 Å². The molecule has 104 valence electrons. The second-order valence-electron chi connectivity index (χ2n) is 6.76. The molecular weight excluding hydrogens is 204 g/mol. The predicted molar refractivity (Wildman–Crippen MR) is 80.3 cm³/mol. The highest BCUT2D eigenvalue weighted by atomic mass is 14.2. The highest BCUT2D eigenvalue weighted by Crippen LogP contribution is 2.26. The van der Waals surface area contributed by atoms with Crippen molar-refractivity contribution < 1.29 is 0 Å². The van der Waals surface area contributed by atoms with Gasteiger partial charge in [-0.2, -0.15) is 0 Å². The Labute approximate surface area is 111 Å². The van der Waals surface area contributed by atoms with Crippen molar-refractivity contribution >= 4 is 0 Å². The van der Waals surface area contributed by atoms with E-state index in [1.807, 2.05) is 0 Å². The first-order valence-electron chi connectivity index (χ1n) is 7.97. The van der Waals surface area contributed by atoms with Gasteiger partial charge >= 0.3 is 0 Å². The maximum absolute atomic E-state index is 2.46. The van der Waals surface area contributed by atoms with E-state index >= 15 is 0 Å². The van der Waals surface area contributed by atoms with Crippen LogP contribution in [0.5, 0.6) is 0 Å². The van der Waals surface area contributed by atoms with E-state index in [4.69, 9.17) is 0 Å². The molecule has 0 heteroatoms. The largest absolute Gasteiger partial charge is 0.0654 e. The van der Waals surface area contributed by atoms with E-state index in [0.717, 1.165) is 23.7 Å². The molecule has 0 aromatic rings. The summed E-state index contributed by atoms with van der Waals surface area (Å²) in [5.41, 5.74) is 0. The molecule has 0 fully saturated rings. The molecule has 0 aromatic carbocycles. The van der Waals surface area contributed by atoms with Crippen LogP contribution in [0.3, 0.4) is 0 Å². The van der Waals surface area contributed by atoms with Crippen molar-refractivity contribution in [2.24, 2.45) is 23.7 Å². The summed E-state index contributed by atoms with van der Waals surface area (Å²) in [6.45, 7) is 14.3. The van der Waals surface area contributed by atoms with Crippen molar-refractivity contribution in [3.05, 3.63) is 0 Å². The standard InChI is InChI=1S/C17H36/c1-7-8-9-10-16(5)17(6)12-11-15(4)13-14(2)3/h14-17H,7-13H2,1-6H3. The van der Waals surface area contributed by atoms with Crippen LogP contribution in [-0.2, 0) is 0 Å². The van der Waals surface area contributed by atoms with E-state index in [0.29, 0.717) is 0 Å². The Bertz CT molecular complexity index is 159. The predicted octanol–water partition coefficient (Wildman–Crippen LogP) is 6.30. The van der Waals surface area contributed by atoms with Gasteiger partial charge in [0.2, 0.25) is 0 Å². The lowest BCUT2D eigenvalue weighted by Crippen LogP contribution is -2.10. The van der Waals surface area contributed by atoms with Gasteiger partial charge in [-0.15, -0.1) is 0 Å². The first-order valence-corrected chi connectivity index (χ1v) is 7.97. The molecule has 3 unspecified atom stereocenters. The van der Waals surface area contributed by atoms with Gasteiger partial charge in [-0.1, -0.05) is 80.1 Å². The Kier molecular flexibility index (Phi) is 9.97. The third kappa shape index (κ3) is 9.68. The summed E-state index contributed by atoms with van der Waals surface area (Å²) in [6, 6.07) is 0. The molecule has 0 radical (unpaired) electrons. The number of rotatable bonds is 10. The zero-order chi connectivity index (χ0) is 13.3. The number of hydrogen-bond acceptors (Lipinski definition) is 0. The second kappa shape index (κ2) is 9.97. The van der Waals surface area contributed by atoms with Crippen LogP contribution in [0.4, 0.5) is 0 Å². The van der Waals surface area contributed by atoms with Crippen LogP contribution in [-0.4, -0.2) is 0 Å². The van der Waals surface area contributed by atoms with Crippen molar-refractivity contribution in [1.82, 2.24) is 0 Å². The van der Waals surface area contributed by atoms with E-state index < -0.39 is 0 Å². The maximum Gasteiger partial charge on any atom is -0.0417 e. The van der Waals surface area contributed by atoms with E-state index in [-0.39, 0.29) is 0 Å². The Morgan fingerprint density at radius 2 is 1.29 bits per heavy atom. The molecule has 0 aliphatic heterocycles. The fourth-order valence-electron chi connectivity index (χ4n) is 2.76. The summed E-state index contributed by atoms with van der Waals surface area (Å²) in [4.78, 5) is 0. The Morgan fingerprint density at radius 3 is 1.82 bits per heavy atom. The molecule has 0 nitrogen and oxygen atoms in total. The molecule has 0 spiro atoms. The Hall–Kier alpha value is 0. The zero-order valence-corrected chi connectivity index (χ0v) is 13.3. The summed E-state index contributed by atoms with van der Waals surface area (Å²) in [5.74, 6) is 3.62. The van der Waals surface area contributed by atoms with Crippen molar-refractivity contribution in [3.8, 4) is 0 Å². The molecule has 0 saturated carbocycles. The molecule has 3 atom stereocenters. The van der Waals surface area contributed by atoms with Crippen LogP contribution in [0.1, 0.15) is 86.5 Å². The van der Waals surface area contributed by atoms with Crippen LogP contribution in [0.15, 0.2) is 0 Å². The van der Waals surface area contributed by atoms with Crippen molar-refractivity contribution in [2.45, 2.75) is 86.5 Å². The minimum atomic E-state index is 0.863. The molecule has 0 heterocycles. The van der Waals surface area contributed by atoms with E-state index in [9.17, 15) is 0 Å². The van der Waals surface area contributed by atoms with Crippen LogP contribution in [0.25, 0.3) is 0 Å². The average Bonchev–Trinajstić information content (AvgIpc) is 2.25. The molecule has 0 saturated heterocycles. The molecule has 0 N–H and O–H groups in total.